The van der Waals surface area contributed by atoms with Crippen LogP contribution in [0.2, 0.25) is 0 Å². The molecule has 2 nitrogen and oxygen atoms in total. The molecule has 2 aromatic rings. The molecule has 0 aliphatic carbocycles. The zero-order valence-corrected chi connectivity index (χ0v) is 8.80. The Kier molecular flexibility index (Phi) is 1.96. The van der Waals surface area contributed by atoms with E-state index in [1.54, 1.807) is 6.20 Å². The molecule has 0 fully saturated rings. The van der Waals surface area contributed by atoms with E-state index in [0.29, 0.717) is 5.69 Å². The highest BCUT2D eigenvalue weighted by atomic mass is 79.9. The monoisotopic (exact) mass is 236 g/mol. The largest absolute Gasteiger partial charge is 0.397 e. The van der Waals surface area contributed by atoms with Crippen LogP contribution in [0.25, 0.3) is 10.9 Å². The summed E-state index contributed by atoms with van der Waals surface area (Å²) in [7, 11) is 0. The number of nitrogen functional groups attached to an aromatic ring is 1. The predicted octanol–water partition coefficient (Wildman–Crippen LogP) is 2.89. The first-order chi connectivity index (χ1) is 6.18. The van der Waals surface area contributed by atoms with Gasteiger partial charge in [-0.05, 0) is 35.0 Å². The van der Waals surface area contributed by atoms with E-state index in [1.165, 1.54) is 5.56 Å². The molecule has 13 heavy (non-hydrogen) atoms. The number of benzene rings is 1. The SMILES string of the molecule is Cc1ccc2ncc(N)c(Br)c2c1. The summed E-state index contributed by atoms with van der Waals surface area (Å²) >= 11 is 3.45. The lowest BCUT2D eigenvalue weighted by atomic mass is 10.1. The first-order valence-corrected chi connectivity index (χ1v) is 4.78. The fourth-order valence-corrected chi connectivity index (χ4v) is 1.71. The number of nitrogens with two attached hydrogens (primary N) is 1. The van der Waals surface area contributed by atoms with Crippen LogP contribution in [0, 0.1) is 6.92 Å². The maximum atomic E-state index is 5.73. The van der Waals surface area contributed by atoms with Gasteiger partial charge in [-0.3, -0.25) is 4.98 Å². The number of nitrogens with zero attached hydrogens (tertiary/aromatic N) is 1. The summed E-state index contributed by atoms with van der Waals surface area (Å²) in [5.41, 5.74) is 8.58. The number of aryl methyl sites for hydroxylation is 1. The molecule has 0 saturated heterocycles. The first-order valence-electron chi connectivity index (χ1n) is 3.99. The van der Waals surface area contributed by atoms with E-state index in [2.05, 4.69) is 33.9 Å². The Morgan fingerprint density at radius 1 is 1.38 bits per heavy atom. The number of halogens is 1. The molecule has 0 unspecified atom stereocenters. The van der Waals surface area contributed by atoms with E-state index in [1.807, 2.05) is 12.1 Å². The minimum absolute atomic E-state index is 0.679. The molecule has 2 rings (SSSR count). The molecule has 0 amide bonds. The van der Waals surface area contributed by atoms with Gasteiger partial charge in [0.15, 0.2) is 0 Å². The van der Waals surface area contributed by atoms with E-state index in [0.717, 1.165) is 15.4 Å². The molecule has 0 atom stereocenters. The van der Waals surface area contributed by atoms with E-state index >= 15 is 0 Å². The Bertz CT molecular complexity index is 460. The molecule has 0 bridgehead atoms. The van der Waals surface area contributed by atoms with E-state index in [4.69, 9.17) is 5.73 Å². The lowest BCUT2D eigenvalue weighted by Gasteiger charge is -2.03. The van der Waals surface area contributed by atoms with Crippen molar-refractivity contribution in [3.05, 3.63) is 34.4 Å². The Hall–Kier alpha value is -1.09. The molecule has 0 aliphatic heterocycles. The maximum Gasteiger partial charge on any atom is 0.0715 e. The minimum atomic E-state index is 0.679. The maximum absolute atomic E-state index is 5.73. The summed E-state index contributed by atoms with van der Waals surface area (Å²) in [5.74, 6) is 0. The zero-order chi connectivity index (χ0) is 9.42. The first kappa shape index (κ1) is 8.51. The van der Waals surface area contributed by atoms with Crippen molar-refractivity contribution in [1.82, 2.24) is 4.98 Å². The second-order valence-corrected chi connectivity index (χ2v) is 3.84. The lowest BCUT2D eigenvalue weighted by molar-refractivity contribution is 1.39. The number of anilines is 1. The van der Waals surface area contributed by atoms with Crippen LogP contribution >= 0.6 is 15.9 Å². The fourth-order valence-electron chi connectivity index (χ4n) is 1.29. The molecule has 0 radical (unpaired) electrons. The zero-order valence-electron chi connectivity index (χ0n) is 7.21. The summed E-state index contributed by atoms with van der Waals surface area (Å²) < 4.78 is 0.932. The van der Waals surface area contributed by atoms with Crippen LogP contribution in [-0.2, 0) is 0 Å². The molecule has 66 valence electrons. The van der Waals surface area contributed by atoms with E-state index in [-0.39, 0.29) is 0 Å². The van der Waals surface area contributed by atoms with Crippen LogP contribution in [-0.4, -0.2) is 4.98 Å². The summed E-state index contributed by atoms with van der Waals surface area (Å²) in [6.45, 7) is 2.05. The molecule has 0 spiro atoms. The molecule has 1 heterocycles. The van der Waals surface area contributed by atoms with Crippen LogP contribution in [0.5, 0.6) is 0 Å². The standard InChI is InChI=1S/C10H9BrN2/c1-6-2-3-9-7(4-6)10(11)8(12)5-13-9/h2-5H,12H2,1H3. The molecule has 1 aromatic heterocycles. The van der Waals surface area contributed by atoms with Gasteiger partial charge in [0.05, 0.1) is 21.9 Å². The number of aromatic nitrogens is 1. The van der Waals surface area contributed by atoms with Crippen molar-refractivity contribution in [3.63, 3.8) is 0 Å². The molecule has 0 aliphatic rings. The number of pyridine rings is 1. The second-order valence-electron chi connectivity index (χ2n) is 3.05. The van der Waals surface area contributed by atoms with Gasteiger partial charge in [0, 0.05) is 5.39 Å². The molecule has 1 aromatic carbocycles. The van der Waals surface area contributed by atoms with Gasteiger partial charge in [0.1, 0.15) is 0 Å². The molecular weight excluding hydrogens is 228 g/mol. The quantitative estimate of drug-likeness (QED) is 0.765. The van der Waals surface area contributed by atoms with Gasteiger partial charge in [-0.2, -0.15) is 0 Å². The van der Waals surface area contributed by atoms with Gasteiger partial charge < -0.3 is 5.73 Å². The summed E-state index contributed by atoms with van der Waals surface area (Å²) in [6, 6.07) is 6.11. The van der Waals surface area contributed by atoms with E-state index in [9.17, 15) is 0 Å². The third-order valence-electron chi connectivity index (χ3n) is 1.98. The van der Waals surface area contributed by atoms with Crippen molar-refractivity contribution in [1.29, 1.82) is 0 Å². The van der Waals surface area contributed by atoms with Crippen LogP contribution in [0.4, 0.5) is 5.69 Å². The van der Waals surface area contributed by atoms with E-state index < -0.39 is 0 Å². The molecule has 3 heteroatoms. The lowest BCUT2D eigenvalue weighted by Crippen LogP contribution is -1.90. The van der Waals surface area contributed by atoms with Gasteiger partial charge in [0.2, 0.25) is 0 Å². The molecule has 0 saturated carbocycles. The van der Waals surface area contributed by atoms with Crippen molar-refractivity contribution in [2.24, 2.45) is 0 Å². The van der Waals surface area contributed by atoms with Crippen LogP contribution in [0.1, 0.15) is 5.56 Å². The van der Waals surface area contributed by atoms with Gasteiger partial charge in [-0.15, -0.1) is 0 Å². The van der Waals surface area contributed by atoms with Crippen molar-refractivity contribution in [2.75, 3.05) is 5.73 Å². The average molecular weight is 237 g/mol. The molecular formula is C10H9BrN2. The normalized spacial score (nSPS) is 10.6. The van der Waals surface area contributed by atoms with Gasteiger partial charge in [-0.25, -0.2) is 0 Å². The number of hydrogen-bond acceptors (Lipinski definition) is 2. The number of hydrogen-bond donors (Lipinski definition) is 1. The van der Waals surface area contributed by atoms with Gasteiger partial charge in [0.25, 0.3) is 0 Å². The smallest absolute Gasteiger partial charge is 0.0715 e. The Labute approximate surface area is 84.9 Å². The predicted molar refractivity (Wildman–Crippen MR) is 58.6 cm³/mol. The highest BCUT2D eigenvalue weighted by Gasteiger charge is 2.02. The van der Waals surface area contributed by atoms with Crippen molar-refractivity contribution in [3.8, 4) is 0 Å². The topological polar surface area (TPSA) is 38.9 Å². The summed E-state index contributed by atoms with van der Waals surface area (Å²) in [6.07, 6.45) is 1.67. The van der Waals surface area contributed by atoms with Crippen molar-refractivity contribution < 1.29 is 0 Å². The van der Waals surface area contributed by atoms with Gasteiger partial charge >= 0.3 is 0 Å². The third-order valence-corrected chi connectivity index (χ3v) is 2.87. The van der Waals surface area contributed by atoms with Gasteiger partial charge in [-0.1, -0.05) is 11.6 Å². The Balaban J connectivity index is 2.89. The number of rotatable bonds is 0. The third kappa shape index (κ3) is 1.40. The Morgan fingerprint density at radius 2 is 2.15 bits per heavy atom. The Morgan fingerprint density at radius 3 is 2.92 bits per heavy atom. The van der Waals surface area contributed by atoms with Crippen molar-refractivity contribution >= 4 is 32.5 Å². The van der Waals surface area contributed by atoms with Crippen LogP contribution in [0.15, 0.2) is 28.9 Å². The summed E-state index contributed by atoms with van der Waals surface area (Å²) in [5, 5.41) is 1.07. The van der Waals surface area contributed by atoms with Crippen LogP contribution < -0.4 is 5.73 Å². The fraction of sp³-hybridized carbons (Fsp3) is 0.100. The second kappa shape index (κ2) is 3.00. The summed E-state index contributed by atoms with van der Waals surface area (Å²) in [4.78, 5) is 4.23. The highest BCUT2D eigenvalue weighted by molar-refractivity contribution is 9.10. The van der Waals surface area contributed by atoms with Crippen molar-refractivity contribution in [2.45, 2.75) is 6.92 Å². The minimum Gasteiger partial charge on any atom is -0.397 e. The average Bonchev–Trinajstić information content (AvgIpc) is 2.12. The highest BCUT2D eigenvalue weighted by Crippen LogP contribution is 2.28. The number of fused-ring (bicyclic) bond motifs is 1. The molecule has 2 N–H and O–H groups in total. The van der Waals surface area contributed by atoms with Crippen LogP contribution in [0.3, 0.4) is 0 Å².